The predicted octanol–water partition coefficient (Wildman–Crippen LogP) is 4.50. The van der Waals surface area contributed by atoms with Gasteiger partial charge in [0, 0.05) is 34.9 Å². The van der Waals surface area contributed by atoms with E-state index in [1.807, 2.05) is 12.3 Å². The molecule has 120 valence electrons. The third kappa shape index (κ3) is 2.02. The maximum Gasteiger partial charge on any atom is 0.212 e. The van der Waals surface area contributed by atoms with Gasteiger partial charge in [0.2, 0.25) is 5.69 Å². The van der Waals surface area contributed by atoms with Crippen LogP contribution in [0.1, 0.15) is 36.2 Å². The molecule has 2 heteroatoms. The van der Waals surface area contributed by atoms with Crippen LogP contribution in [0.5, 0.6) is 0 Å². The minimum absolute atomic E-state index is 0.0588. The summed E-state index contributed by atoms with van der Waals surface area (Å²) in [6.45, 7) is 8.91. The molecular weight excluding hydrogens is 292 g/mol. The van der Waals surface area contributed by atoms with Crippen molar-refractivity contribution in [2.24, 2.45) is 7.05 Å². The molecule has 0 saturated heterocycles. The molecule has 2 nitrogen and oxygen atoms in total. The number of aryl methyl sites for hydroxylation is 3. The molecule has 1 aliphatic rings. The van der Waals surface area contributed by atoms with Gasteiger partial charge in [-0.2, -0.15) is 0 Å². The van der Waals surface area contributed by atoms with Crippen molar-refractivity contribution in [2.75, 3.05) is 0 Å². The van der Waals surface area contributed by atoms with Gasteiger partial charge in [0.15, 0.2) is 6.20 Å². The van der Waals surface area contributed by atoms with Gasteiger partial charge in [0.1, 0.15) is 7.05 Å². The first-order valence-corrected chi connectivity index (χ1v) is 8.47. The highest BCUT2D eigenvalue weighted by Gasteiger charge is 2.37. The first-order chi connectivity index (χ1) is 11.4. The van der Waals surface area contributed by atoms with E-state index in [1.54, 1.807) is 0 Å². The van der Waals surface area contributed by atoms with Crippen molar-refractivity contribution < 1.29 is 4.57 Å². The van der Waals surface area contributed by atoms with Crippen LogP contribution < -0.4 is 4.57 Å². The Morgan fingerprint density at radius 1 is 0.958 bits per heavy atom. The summed E-state index contributed by atoms with van der Waals surface area (Å²) >= 11 is 0. The fourth-order valence-electron chi connectivity index (χ4n) is 3.92. The van der Waals surface area contributed by atoms with Crippen LogP contribution in [0.3, 0.4) is 0 Å². The third-order valence-electron chi connectivity index (χ3n) is 5.31. The minimum atomic E-state index is -0.0588. The lowest BCUT2D eigenvalue weighted by atomic mass is 9.83. The van der Waals surface area contributed by atoms with Crippen LogP contribution in [0, 0.1) is 13.8 Å². The fraction of sp³-hybridized carbons (Fsp3) is 0.273. The Kier molecular flexibility index (Phi) is 3.14. The molecular formula is C22H23N2+. The first-order valence-electron chi connectivity index (χ1n) is 8.47. The van der Waals surface area contributed by atoms with Crippen LogP contribution in [0.15, 0.2) is 48.8 Å². The van der Waals surface area contributed by atoms with Crippen molar-refractivity contribution in [3.63, 3.8) is 0 Å². The summed E-state index contributed by atoms with van der Waals surface area (Å²) in [5, 5.41) is 0. The molecule has 0 amide bonds. The van der Waals surface area contributed by atoms with Gasteiger partial charge in [0.25, 0.3) is 0 Å². The van der Waals surface area contributed by atoms with E-state index in [1.165, 1.54) is 44.8 Å². The first kappa shape index (κ1) is 15.1. The number of rotatable bonds is 1. The molecule has 2 aromatic heterocycles. The molecule has 0 atom stereocenters. The Bertz CT molecular complexity index is 968. The zero-order valence-corrected chi connectivity index (χ0v) is 15.0. The van der Waals surface area contributed by atoms with Crippen molar-refractivity contribution in [1.29, 1.82) is 0 Å². The van der Waals surface area contributed by atoms with E-state index >= 15 is 0 Å². The molecule has 0 spiro atoms. The molecule has 3 aromatic rings. The highest BCUT2D eigenvalue weighted by molar-refractivity contribution is 5.83. The lowest BCUT2D eigenvalue weighted by Gasteiger charge is -2.21. The van der Waals surface area contributed by atoms with Gasteiger partial charge >= 0.3 is 0 Å². The zero-order valence-electron chi connectivity index (χ0n) is 15.0. The van der Waals surface area contributed by atoms with Gasteiger partial charge in [-0.25, -0.2) is 4.57 Å². The van der Waals surface area contributed by atoms with Gasteiger partial charge in [-0.1, -0.05) is 26.0 Å². The molecule has 0 N–H and O–H groups in total. The van der Waals surface area contributed by atoms with Gasteiger partial charge < -0.3 is 0 Å². The number of benzene rings is 1. The topological polar surface area (TPSA) is 16.8 Å². The summed E-state index contributed by atoms with van der Waals surface area (Å²) < 4.78 is 2.20. The average molecular weight is 315 g/mol. The summed E-state index contributed by atoms with van der Waals surface area (Å²) in [5.41, 5.74) is 10.3. The monoisotopic (exact) mass is 315 g/mol. The maximum absolute atomic E-state index is 4.69. The van der Waals surface area contributed by atoms with Gasteiger partial charge in [-0.15, -0.1) is 0 Å². The van der Waals surface area contributed by atoms with Crippen molar-refractivity contribution in [2.45, 2.75) is 33.1 Å². The summed E-state index contributed by atoms with van der Waals surface area (Å²) in [5.74, 6) is 0. The standard InChI is InChI=1S/C22H23N2/c1-14-8-10-24(5)20(11-14)17-13-19-18(12-15(17)2)16-7-6-9-23-21(16)22(19,3)4/h6-13H,1-5H3/q+1. The van der Waals surface area contributed by atoms with E-state index in [-0.39, 0.29) is 5.41 Å². The SMILES string of the molecule is Cc1cc[n+](C)c(-c2cc3c(cc2C)-c2cccnc2C3(C)C)c1. The highest BCUT2D eigenvalue weighted by Crippen LogP contribution is 2.49. The van der Waals surface area contributed by atoms with Crippen molar-refractivity contribution >= 4 is 0 Å². The summed E-state index contributed by atoms with van der Waals surface area (Å²) in [6, 6.07) is 13.4. The highest BCUT2D eigenvalue weighted by atomic mass is 14.9. The van der Waals surface area contributed by atoms with Crippen molar-refractivity contribution in [3.8, 4) is 22.4 Å². The molecule has 0 fully saturated rings. The number of fused-ring (bicyclic) bond motifs is 3. The Morgan fingerprint density at radius 3 is 2.54 bits per heavy atom. The quantitative estimate of drug-likeness (QED) is 0.604. The molecule has 0 aliphatic heterocycles. The second kappa shape index (κ2) is 5.01. The van der Waals surface area contributed by atoms with Crippen LogP contribution in [0.4, 0.5) is 0 Å². The summed E-state index contributed by atoms with van der Waals surface area (Å²) in [6.07, 6.45) is 4.04. The maximum atomic E-state index is 4.69. The molecule has 4 rings (SSSR count). The average Bonchev–Trinajstić information content (AvgIpc) is 2.77. The molecule has 0 unspecified atom stereocenters. The Hall–Kier alpha value is -2.48. The summed E-state index contributed by atoms with van der Waals surface area (Å²) in [4.78, 5) is 4.69. The van der Waals surface area contributed by atoms with Crippen molar-refractivity contribution in [3.05, 3.63) is 71.2 Å². The number of nitrogens with zero attached hydrogens (tertiary/aromatic N) is 2. The molecule has 1 aliphatic carbocycles. The fourth-order valence-corrected chi connectivity index (χ4v) is 3.92. The van der Waals surface area contributed by atoms with E-state index in [0.29, 0.717) is 0 Å². The van der Waals surface area contributed by atoms with Crippen LogP contribution in [0.2, 0.25) is 0 Å². The Morgan fingerprint density at radius 2 is 1.75 bits per heavy atom. The number of aromatic nitrogens is 2. The molecule has 24 heavy (non-hydrogen) atoms. The van der Waals surface area contributed by atoms with Crippen molar-refractivity contribution in [1.82, 2.24) is 4.98 Å². The second-order valence-electron chi connectivity index (χ2n) is 7.44. The Labute approximate surface area is 143 Å². The molecule has 2 heterocycles. The second-order valence-corrected chi connectivity index (χ2v) is 7.44. The minimum Gasteiger partial charge on any atom is -0.260 e. The number of pyridine rings is 2. The van der Waals surface area contributed by atoms with E-state index in [9.17, 15) is 0 Å². The van der Waals surface area contributed by atoms with E-state index in [2.05, 4.69) is 80.8 Å². The molecule has 0 saturated carbocycles. The summed E-state index contributed by atoms with van der Waals surface area (Å²) in [7, 11) is 2.11. The number of hydrogen-bond acceptors (Lipinski definition) is 1. The largest absolute Gasteiger partial charge is 0.260 e. The van der Waals surface area contributed by atoms with Crippen LogP contribution >= 0.6 is 0 Å². The third-order valence-corrected chi connectivity index (χ3v) is 5.31. The normalized spacial score (nSPS) is 14.4. The van der Waals surface area contributed by atoms with E-state index in [4.69, 9.17) is 0 Å². The van der Waals surface area contributed by atoms with E-state index in [0.717, 1.165) is 0 Å². The van der Waals surface area contributed by atoms with Gasteiger partial charge in [0.05, 0.1) is 5.69 Å². The lowest BCUT2D eigenvalue weighted by Crippen LogP contribution is -2.30. The lowest BCUT2D eigenvalue weighted by molar-refractivity contribution is -0.660. The van der Waals surface area contributed by atoms with Crippen LogP contribution in [-0.4, -0.2) is 4.98 Å². The van der Waals surface area contributed by atoms with Gasteiger partial charge in [-0.05, 0) is 48.2 Å². The van der Waals surface area contributed by atoms with Crippen LogP contribution in [-0.2, 0) is 12.5 Å². The number of hydrogen-bond donors (Lipinski definition) is 0. The van der Waals surface area contributed by atoms with Crippen LogP contribution in [0.25, 0.3) is 22.4 Å². The Balaban J connectivity index is 2.00. The van der Waals surface area contributed by atoms with Gasteiger partial charge in [-0.3, -0.25) is 4.98 Å². The molecule has 0 radical (unpaired) electrons. The molecule has 1 aromatic carbocycles. The zero-order chi connectivity index (χ0) is 17.1. The predicted molar refractivity (Wildman–Crippen MR) is 97.9 cm³/mol. The molecule has 0 bridgehead atoms. The van der Waals surface area contributed by atoms with E-state index < -0.39 is 0 Å². The smallest absolute Gasteiger partial charge is 0.212 e.